The average Bonchev–Trinajstić information content (AvgIpc) is 1.69. The van der Waals surface area contributed by atoms with E-state index in [0.29, 0.717) is 5.16 Å². The van der Waals surface area contributed by atoms with E-state index in [-0.39, 0.29) is 24.0 Å². The van der Waals surface area contributed by atoms with E-state index in [9.17, 15) is 0 Å². The highest BCUT2D eigenvalue weighted by Crippen LogP contribution is 1.96. The maximum atomic E-state index is 5.43. The highest BCUT2D eigenvalue weighted by molar-refractivity contribution is 6.29. The smallest absolute Gasteiger partial charge is 0.345 e. The zero-order valence-electron chi connectivity index (χ0n) is 4.01. The van der Waals surface area contributed by atoms with Crippen LogP contribution in [0.25, 0.3) is 0 Å². The molecule has 0 aromatic rings. The second kappa shape index (κ2) is 4.09. The molecule has 1 aliphatic rings. The Balaban J connectivity index is 0.000000490. The van der Waals surface area contributed by atoms with Crippen LogP contribution in [0.5, 0.6) is 0 Å². The summed E-state index contributed by atoms with van der Waals surface area (Å²) in [5, 5.41) is 0.544. The molecule has 0 aliphatic carbocycles. The fraction of sp³-hybridized carbons (Fsp3) is 0. The van der Waals surface area contributed by atoms with E-state index in [0.717, 1.165) is 0 Å². The lowest BCUT2D eigenvalue weighted by Crippen LogP contribution is -3.00. The van der Waals surface area contributed by atoms with E-state index in [1.54, 1.807) is 12.3 Å². The molecule has 0 aromatic heterocycles. The minimum atomic E-state index is 0. The van der Waals surface area contributed by atoms with Crippen LogP contribution in [0.2, 0.25) is 0 Å². The van der Waals surface area contributed by atoms with Gasteiger partial charge in [-0.05, 0) is 17.7 Å². The van der Waals surface area contributed by atoms with E-state index in [1.807, 2.05) is 12.2 Å². The third-order valence-electron chi connectivity index (χ3n) is 0.629. The topological polar surface area (TPSA) is 14.1 Å². The van der Waals surface area contributed by atoms with Gasteiger partial charge >= 0.3 is 5.16 Å². The SMILES string of the molecule is ClC1=CC=CC=[N+]1.[I-]. The van der Waals surface area contributed by atoms with Crippen molar-refractivity contribution in [2.75, 3.05) is 0 Å². The van der Waals surface area contributed by atoms with Crippen LogP contribution in [-0.4, -0.2) is 6.21 Å². The Bertz CT molecular complexity index is 149. The lowest BCUT2D eigenvalue weighted by atomic mass is 10.4. The standard InChI is InChI=1S/C5H4ClN.HI/c6-5-3-1-2-4-7-5;/h1-4H;1H/q+1;/p-1. The zero-order valence-corrected chi connectivity index (χ0v) is 6.93. The zero-order chi connectivity index (χ0) is 5.11. The van der Waals surface area contributed by atoms with Gasteiger partial charge in [0.25, 0.3) is 0 Å². The van der Waals surface area contributed by atoms with Gasteiger partial charge in [0.2, 0.25) is 6.21 Å². The third-order valence-corrected chi connectivity index (χ3v) is 0.852. The first kappa shape index (κ1) is 8.17. The number of hydrogen-bond acceptors (Lipinski definition) is 1. The lowest BCUT2D eigenvalue weighted by molar-refractivity contribution is -0.00000135. The molecule has 0 N–H and O–H groups in total. The minimum absolute atomic E-state index is 0. The summed E-state index contributed by atoms with van der Waals surface area (Å²) >= 11 is 5.43. The highest BCUT2D eigenvalue weighted by atomic mass is 127. The maximum absolute atomic E-state index is 5.43. The van der Waals surface area contributed by atoms with E-state index in [4.69, 9.17) is 11.6 Å². The molecule has 1 heterocycles. The summed E-state index contributed by atoms with van der Waals surface area (Å²) in [5.74, 6) is 0. The van der Waals surface area contributed by atoms with Crippen LogP contribution in [0.4, 0.5) is 0 Å². The summed E-state index contributed by atoms with van der Waals surface area (Å²) in [6.07, 6.45) is 7.06. The molecule has 0 amide bonds. The van der Waals surface area contributed by atoms with Crippen molar-refractivity contribution in [3.05, 3.63) is 23.4 Å². The van der Waals surface area contributed by atoms with Crippen molar-refractivity contribution < 1.29 is 24.0 Å². The second-order valence-electron chi connectivity index (χ2n) is 1.15. The van der Waals surface area contributed by atoms with Crippen molar-refractivity contribution in [2.24, 2.45) is 0 Å². The molecule has 0 unspecified atom stereocenters. The summed E-state index contributed by atoms with van der Waals surface area (Å²) in [5.41, 5.74) is 0. The van der Waals surface area contributed by atoms with E-state index < -0.39 is 0 Å². The average molecular weight is 240 g/mol. The molecule has 0 spiro atoms. The van der Waals surface area contributed by atoms with Gasteiger partial charge < -0.3 is 24.0 Å². The van der Waals surface area contributed by atoms with Crippen molar-refractivity contribution >= 4 is 17.8 Å². The van der Waals surface area contributed by atoms with Gasteiger partial charge in [0.15, 0.2) is 0 Å². The highest BCUT2D eigenvalue weighted by Gasteiger charge is 1.99. The van der Waals surface area contributed by atoms with Crippen LogP contribution in [0.1, 0.15) is 0 Å². The molecule has 1 rings (SSSR count). The van der Waals surface area contributed by atoms with Crippen molar-refractivity contribution in [3.8, 4) is 0 Å². The molecule has 0 bridgehead atoms. The minimum Gasteiger partial charge on any atom is -1.00 e. The lowest BCUT2D eigenvalue weighted by Gasteiger charge is -1.71. The van der Waals surface area contributed by atoms with Crippen LogP contribution < -0.4 is 29.0 Å². The Morgan fingerprint density at radius 1 is 1.38 bits per heavy atom. The largest absolute Gasteiger partial charge is 1.00 e. The Hall–Kier alpha value is 0.170. The molecular formula is C5H4ClIN. The summed E-state index contributed by atoms with van der Waals surface area (Å²) in [7, 11) is 0. The number of halogens is 2. The predicted molar refractivity (Wildman–Crippen MR) is 31.3 cm³/mol. The van der Waals surface area contributed by atoms with Gasteiger partial charge in [-0.1, -0.05) is 0 Å². The molecule has 8 heavy (non-hydrogen) atoms. The fourth-order valence-corrected chi connectivity index (χ4v) is 0.471. The summed E-state index contributed by atoms with van der Waals surface area (Å²) < 4.78 is 0. The third kappa shape index (κ3) is 2.47. The van der Waals surface area contributed by atoms with Crippen molar-refractivity contribution in [1.29, 1.82) is 0 Å². The van der Waals surface area contributed by atoms with Crippen LogP contribution in [0.15, 0.2) is 23.4 Å². The van der Waals surface area contributed by atoms with Crippen LogP contribution >= 0.6 is 11.6 Å². The predicted octanol–water partition coefficient (Wildman–Crippen LogP) is -1.95. The molecule has 3 heteroatoms. The Morgan fingerprint density at radius 2 is 2.12 bits per heavy atom. The van der Waals surface area contributed by atoms with Crippen LogP contribution in [0.3, 0.4) is 0 Å². The Kier molecular flexibility index (Phi) is 4.18. The summed E-state index contributed by atoms with van der Waals surface area (Å²) in [6, 6.07) is 0. The van der Waals surface area contributed by atoms with E-state index in [2.05, 4.69) is 4.99 Å². The molecular weight excluding hydrogens is 236 g/mol. The summed E-state index contributed by atoms with van der Waals surface area (Å²) in [6.45, 7) is 0. The fourth-order valence-electron chi connectivity index (χ4n) is 0.342. The molecule has 1 radical (unpaired) electrons. The molecule has 0 saturated carbocycles. The van der Waals surface area contributed by atoms with E-state index in [1.165, 1.54) is 0 Å². The van der Waals surface area contributed by atoms with Crippen LogP contribution in [0, 0.1) is 0 Å². The van der Waals surface area contributed by atoms with Crippen molar-refractivity contribution in [2.45, 2.75) is 0 Å². The van der Waals surface area contributed by atoms with Gasteiger partial charge in [-0.25, -0.2) is 0 Å². The molecule has 43 valence electrons. The van der Waals surface area contributed by atoms with Gasteiger partial charge in [-0.2, -0.15) is 0 Å². The maximum Gasteiger partial charge on any atom is 0.345 e. The van der Waals surface area contributed by atoms with Crippen molar-refractivity contribution in [3.63, 3.8) is 0 Å². The second-order valence-corrected chi connectivity index (χ2v) is 1.54. The van der Waals surface area contributed by atoms with Gasteiger partial charge in [0, 0.05) is 12.2 Å². The first-order valence-corrected chi connectivity index (χ1v) is 2.34. The van der Waals surface area contributed by atoms with Crippen molar-refractivity contribution in [1.82, 2.24) is 4.99 Å². The normalized spacial score (nSPS) is 14.9. The van der Waals surface area contributed by atoms with Gasteiger partial charge in [0.05, 0.1) is 4.99 Å². The van der Waals surface area contributed by atoms with Gasteiger partial charge in [-0.3, -0.25) is 0 Å². The molecule has 0 fully saturated rings. The number of allylic oxidation sites excluding steroid dienone is 3. The number of rotatable bonds is 0. The number of hydrogen-bond donors (Lipinski definition) is 0. The summed E-state index contributed by atoms with van der Waals surface area (Å²) in [4.78, 5) is 3.74. The first-order valence-electron chi connectivity index (χ1n) is 1.96. The molecule has 0 aromatic carbocycles. The van der Waals surface area contributed by atoms with Gasteiger partial charge in [0.1, 0.15) is 0 Å². The number of nitrogens with zero attached hydrogens (tertiary/aromatic N) is 1. The Labute approximate surface area is 70.2 Å². The van der Waals surface area contributed by atoms with E-state index >= 15 is 0 Å². The first-order chi connectivity index (χ1) is 3.39. The van der Waals surface area contributed by atoms with Gasteiger partial charge in [-0.15, -0.1) is 0 Å². The molecule has 0 atom stereocenters. The molecule has 1 aliphatic heterocycles. The Morgan fingerprint density at radius 3 is 2.38 bits per heavy atom. The number of aliphatic imine (C=N–C) groups is 1. The van der Waals surface area contributed by atoms with Crippen LogP contribution in [-0.2, 0) is 0 Å². The molecule has 0 saturated heterocycles. The monoisotopic (exact) mass is 240 g/mol. The molecule has 1 nitrogen and oxygen atoms in total. The quantitative estimate of drug-likeness (QED) is 0.345.